The summed E-state index contributed by atoms with van der Waals surface area (Å²) < 4.78 is 0. The quantitative estimate of drug-likeness (QED) is 0.567. The molecule has 0 fully saturated rings. The van der Waals surface area contributed by atoms with Gasteiger partial charge < -0.3 is 10.4 Å². The Balaban J connectivity index is 4.02. The Morgan fingerprint density at radius 3 is 2.40 bits per heavy atom. The fourth-order valence-electron chi connectivity index (χ4n) is 0.774. The van der Waals surface area contributed by atoms with Crippen molar-refractivity contribution in [2.24, 2.45) is 0 Å². The second-order valence-electron chi connectivity index (χ2n) is 2.08. The normalized spacial score (nSPS) is 12.6. The molecule has 0 saturated carbocycles. The van der Waals surface area contributed by atoms with Crippen molar-refractivity contribution in [3.63, 3.8) is 0 Å². The van der Waals surface area contributed by atoms with Crippen molar-refractivity contribution in [2.75, 3.05) is 7.05 Å². The molecular weight excluding hydrogens is 130 g/mol. The van der Waals surface area contributed by atoms with Crippen molar-refractivity contribution in [3.8, 4) is 0 Å². The minimum absolute atomic E-state index is 0.0995. The number of hydrogen-bond donors (Lipinski definition) is 2. The predicted molar refractivity (Wildman–Crippen MR) is 39.9 cm³/mol. The van der Waals surface area contributed by atoms with Gasteiger partial charge in [-0.25, -0.2) is 4.79 Å². The lowest BCUT2D eigenvalue weighted by Crippen LogP contribution is -2.29. The van der Waals surface area contributed by atoms with E-state index in [1.807, 2.05) is 6.92 Å². The van der Waals surface area contributed by atoms with Gasteiger partial charge in [0.2, 0.25) is 0 Å². The Kier molecular flexibility index (Phi) is 3.72. The molecule has 58 valence electrons. The van der Waals surface area contributed by atoms with Crippen LogP contribution in [0.15, 0.2) is 12.2 Å². The van der Waals surface area contributed by atoms with Gasteiger partial charge in [-0.1, -0.05) is 13.5 Å². The van der Waals surface area contributed by atoms with E-state index in [4.69, 9.17) is 5.11 Å². The minimum atomic E-state index is -0.929. The number of aliphatic carboxylic acids is 1. The Morgan fingerprint density at radius 2 is 2.30 bits per heavy atom. The van der Waals surface area contributed by atoms with E-state index in [0.717, 1.165) is 6.42 Å². The van der Waals surface area contributed by atoms with Gasteiger partial charge in [0.25, 0.3) is 0 Å². The molecular formula is C7H13NO2. The summed E-state index contributed by atoms with van der Waals surface area (Å²) in [4.78, 5) is 10.3. The summed E-state index contributed by atoms with van der Waals surface area (Å²) in [6.07, 6.45) is 0.752. The van der Waals surface area contributed by atoms with Crippen LogP contribution in [0.1, 0.15) is 13.3 Å². The average Bonchev–Trinajstić information content (AvgIpc) is 1.90. The Hall–Kier alpha value is -0.830. The molecule has 0 aliphatic carbocycles. The number of nitrogens with one attached hydrogen (secondary N) is 1. The maximum absolute atomic E-state index is 10.3. The lowest BCUT2D eigenvalue weighted by molar-refractivity contribution is -0.133. The summed E-state index contributed by atoms with van der Waals surface area (Å²) in [7, 11) is 1.72. The van der Waals surface area contributed by atoms with Gasteiger partial charge in [-0.2, -0.15) is 0 Å². The van der Waals surface area contributed by atoms with Crippen molar-refractivity contribution in [1.82, 2.24) is 5.32 Å². The molecule has 0 aliphatic rings. The molecule has 0 heterocycles. The molecule has 2 N–H and O–H groups in total. The first-order valence-corrected chi connectivity index (χ1v) is 3.22. The molecule has 0 spiro atoms. The van der Waals surface area contributed by atoms with E-state index in [1.54, 1.807) is 7.05 Å². The molecule has 3 nitrogen and oxygen atoms in total. The molecule has 0 saturated heterocycles. The second-order valence-corrected chi connectivity index (χ2v) is 2.08. The van der Waals surface area contributed by atoms with E-state index >= 15 is 0 Å². The molecule has 0 aromatic heterocycles. The van der Waals surface area contributed by atoms with E-state index in [1.165, 1.54) is 0 Å². The van der Waals surface area contributed by atoms with E-state index in [0.29, 0.717) is 0 Å². The van der Waals surface area contributed by atoms with Gasteiger partial charge in [-0.15, -0.1) is 0 Å². The number of rotatable bonds is 4. The highest BCUT2D eigenvalue weighted by molar-refractivity contribution is 5.87. The maximum Gasteiger partial charge on any atom is 0.332 e. The van der Waals surface area contributed by atoms with Crippen molar-refractivity contribution in [1.29, 1.82) is 0 Å². The number of likely N-dealkylation sites (N-methyl/N-ethyl adjacent to an activating group) is 1. The zero-order valence-electron chi connectivity index (χ0n) is 6.35. The first-order valence-electron chi connectivity index (χ1n) is 3.22. The lowest BCUT2D eigenvalue weighted by Gasteiger charge is -2.12. The summed E-state index contributed by atoms with van der Waals surface area (Å²) in [5.41, 5.74) is 0.227. The SMILES string of the molecule is C=C(C(=O)O)C(CC)NC. The zero-order chi connectivity index (χ0) is 8.15. The highest BCUT2D eigenvalue weighted by atomic mass is 16.4. The standard InChI is InChI=1S/C7H13NO2/c1-4-6(8-3)5(2)7(9)10/h6,8H,2,4H2,1,3H3,(H,9,10). The third kappa shape index (κ3) is 2.19. The molecule has 3 heteroatoms. The number of carboxylic acids is 1. The smallest absolute Gasteiger partial charge is 0.332 e. The van der Waals surface area contributed by atoms with Gasteiger partial charge in [0.15, 0.2) is 0 Å². The molecule has 0 radical (unpaired) electrons. The van der Waals surface area contributed by atoms with E-state index in [9.17, 15) is 4.79 Å². The summed E-state index contributed by atoms with van der Waals surface area (Å²) in [5, 5.41) is 11.3. The van der Waals surface area contributed by atoms with Crippen LogP contribution < -0.4 is 5.32 Å². The van der Waals surface area contributed by atoms with Crippen molar-refractivity contribution in [3.05, 3.63) is 12.2 Å². The number of carbonyl (C=O) groups is 1. The number of hydrogen-bond acceptors (Lipinski definition) is 2. The summed E-state index contributed by atoms with van der Waals surface area (Å²) in [6.45, 7) is 5.35. The third-order valence-electron chi connectivity index (χ3n) is 1.45. The monoisotopic (exact) mass is 143 g/mol. The van der Waals surface area contributed by atoms with Gasteiger partial charge in [0.1, 0.15) is 0 Å². The van der Waals surface area contributed by atoms with Crippen LogP contribution in [0.2, 0.25) is 0 Å². The predicted octanol–water partition coefficient (Wildman–Crippen LogP) is 0.625. The van der Waals surface area contributed by atoms with Gasteiger partial charge in [-0.05, 0) is 13.5 Å². The van der Waals surface area contributed by atoms with Crippen LogP contribution in [0.4, 0.5) is 0 Å². The van der Waals surface area contributed by atoms with Crippen LogP contribution in [0.25, 0.3) is 0 Å². The van der Waals surface area contributed by atoms with Gasteiger partial charge in [-0.3, -0.25) is 0 Å². The molecule has 0 amide bonds. The van der Waals surface area contributed by atoms with Crippen molar-refractivity contribution < 1.29 is 9.90 Å². The first kappa shape index (κ1) is 9.17. The Labute approximate surface area is 60.7 Å². The fourth-order valence-corrected chi connectivity index (χ4v) is 0.774. The molecule has 0 aromatic carbocycles. The molecule has 0 aromatic rings. The highest BCUT2D eigenvalue weighted by Crippen LogP contribution is 2.02. The highest BCUT2D eigenvalue weighted by Gasteiger charge is 2.13. The van der Waals surface area contributed by atoms with Crippen molar-refractivity contribution in [2.45, 2.75) is 19.4 Å². The van der Waals surface area contributed by atoms with Crippen LogP contribution >= 0.6 is 0 Å². The second kappa shape index (κ2) is 4.06. The van der Waals surface area contributed by atoms with Gasteiger partial charge in [0, 0.05) is 11.6 Å². The molecule has 10 heavy (non-hydrogen) atoms. The van der Waals surface area contributed by atoms with Crippen LogP contribution in [0.3, 0.4) is 0 Å². The maximum atomic E-state index is 10.3. The molecule has 0 aliphatic heterocycles. The van der Waals surface area contributed by atoms with E-state index < -0.39 is 5.97 Å². The topological polar surface area (TPSA) is 49.3 Å². The number of carboxylic acid groups (broad SMARTS) is 1. The Morgan fingerprint density at radius 1 is 1.80 bits per heavy atom. The Bertz CT molecular complexity index is 139. The van der Waals surface area contributed by atoms with Crippen LogP contribution in [0, 0.1) is 0 Å². The first-order chi connectivity index (χ1) is 4.63. The van der Waals surface area contributed by atoms with Crippen molar-refractivity contribution >= 4 is 5.97 Å². The van der Waals surface area contributed by atoms with Crippen LogP contribution in [-0.4, -0.2) is 24.2 Å². The fraction of sp³-hybridized carbons (Fsp3) is 0.571. The zero-order valence-corrected chi connectivity index (χ0v) is 6.35. The van der Waals surface area contributed by atoms with Crippen LogP contribution in [0.5, 0.6) is 0 Å². The molecule has 0 rings (SSSR count). The van der Waals surface area contributed by atoms with E-state index in [-0.39, 0.29) is 11.6 Å². The van der Waals surface area contributed by atoms with E-state index in [2.05, 4.69) is 11.9 Å². The summed E-state index contributed by atoms with van der Waals surface area (Å²) in [6, 6.07) is -0.0995. The summed E-state index contributed by atoms with van der Waals surface area (Å²) >= 11 is 0. The molecule has 1 unspecified atom stereocenters. The van der Waals surface area contributed by atoms with Gasteiger partial charge in [0.05, 0.1) is 0 Å². The average molecular weight is 143 g/mol. The molecule has 1 atom stereocenters. The van der Waals surface area contributed by atoms with Crippen LogP contribution in [-0.2, 0) is 4.79 Å². The third-order valence-corrected chi connectivity index (χ3v) is 1.45. The largest absolute Gasteiger partial charge is 0.478 e. The van der Waals surface area contributed by atoms with Gasteiger partial charge >= 0.3 is 5.97 Å². The molecule has 0 bridgehead atoms. The summed E-state index contributed by atoms with van der Waals surface area (Å²) in [5.74, 6) is -0.929. The lowest BCUT2D eigenvalue weighted by atomic mass is 10.1. The minimum Gasteiger partial charge on any atom is -0.478 e.